The van der Waals surface area contributed by atoms with E-state index in [1.165, 1.54) is 4.31 Å². The van der Waals surface area contributed by atoms with Crippen LogP contribution in [0.4, 0.5) is 0 Å². The van der Waals surface area contributed by atoms with E-state index in [2.05, 4.69) is 4.98 Å². The van der Waals surface area contributed by atoms with Crippen molar-refractivity contribution >= 4 is 38.2 Å². The van der Waals surface area contributed by atoms with Crippen LogP contribution in [-0.2, 0) is 32.6 Å². The van der Waals surface area contributed by atoms with E-state index < -0.39 is 10.0 Å². The Labute approximate surface area is 227 Å². The van der Waals surface area contributed by atoms with Crippen LogP contribution in [0.5, 0.6) is 0 Å². The second kappa shape index (κ2) is 11.7. The number of sulfonamides is 1. The highest BCUT2D eigenvalue weighted by atomic mass is 32.2. The molecule has 9 heteroatoms. The smallest absolute Gasteiger partial charge is 0.245 e. The number of benzene rings is 2. The van der Waals surface area contributed by atoms with Crippen LogP contribution >= 0.6 is 11.3 Å². The number of ether oxygens (including phenoxy) is 1. The molecule has 5 rings (SSSR count). The van der Waals surface area contributed by atoms with Crippen LogP contribution in [0.2, 0.25) is 0 Å². The van der Waals surface area contributed by atoms with Crippen molar-refractivity contribution in [3.05, 3.63) is 94.3 Å². The molecule has 198 valence electrons. The molecule has 1 fully saturated rings. The predicted octanol–water partition coefficient (Wildman–Crippen LogP) is 5.00. The van der Waals surface area contributed by atoms with Crippen LogP contribution in [0.15, 0.2) is 83.9 Å². The van der Waals surface area contributed by atoms with E-state index >= 15 is 0 Å². The second-order valence-corrected chi connectivity index (χ2v) is 12.8. The molecule has 1 aliphatic heterocycles. The maximum Gasteiger partial charge on any atom is 0.245 e. The maximum absolute atomic E-state index is 14.1. The number of para-hydroxylation sites is 1. The molecule has 0 saturated carbocycles. The summed E-state index contributed by atoms with van der Waals surface area (Å²) < 4.78 is 35.2. The Hall–Kier alpha value is -3.11. The molecule has 0 radical (unpaired) electrons. The molecule has 3 heterocycles. The van der Waals surface area contributed by atoms with Gasteiger partial charge in [0.1, 0.15) is 4.90 Å². The first-order valence-corrected chi connectivity index (χ1v) is 15.0. The summed E-state index contributed by atoms with van der Waals surface area (Å²) in [4.78, 5) is 22.3. The number of aryl methyl sites for hydroxylation is 1. The second-order valence-electron chi connectivity index (χ2n) is 9.51. The minimum atomic E-state index is -4.04. The normalized spacial score (nSPS) is 15.8. The summed E-state index contributed by atoms with van der Waals surface area (Å²) in [5, 5.41) is 0.732. The van der Waals surface area contributed by atoms with Crippen molar-refractivity contribution in [2.45, 2.75) is 43.9 Å². The Morgan fingerprint density at radius 2 is 1.84 bits per heavy atom. The average Bonchev–Trinajstić information content (AvgIpc) is 3.59. The van der Waals surface area contributed by atoms with Crippen molar-refractivity contribution in [3.63, 3.8) is 0 Å². The number of carbonyl (C=O) groups is 1. The Bertz CT molecular complexity index is 1490. The molecule has 1 atom stereocenters. The number of fused-ring (bicyclic) bond motifs is 1. The van der Waals surface area contributed by atoms with Crippen molar-refractivity contribution in [2.75, 3.05) is 19.7 Å². The third kappa shape index (κ3) is 6.13. The van der Waals surface area contributed by atoms with Crippen LogP contribution in [0.3, 0.4) is 0 Å². The SMILES string of the molecule is Cc1ccc(CN(Cc2ccccc2)C(=O)CN(CC2CCCO2)S(=O)(=O)c2cccc3cccnc23)s1. The highest BCUT2D eigenvalue weighted by Gasteiger charge is 2.33. The van der Waals surface area contributed by atoms with Crippen LogP contribution in [0.1, 0.15) is 28.2 Å². The fourth-order valence-electron chi connectivity index (χ4n) is 4.73. The van der Waals surface area contributed by atoms with Gasteiger partial charge in [-0.25, -0.2) is 8.42 Å². The van der Waals surface area contributed by atoms with Gasteiger partial charge in [-0.1, -0.05) is 48.5 Å². The van der Waals surface area contributed by atoms with Gasteiger partial charge in [-0.05, 0) is 49.6 Å². The lowest BCUT2D eigenvalue weighted by atomic mass is 10.2. The fraction of sp³-hybridized carbons (Fsp3) is 0.310. The molecule has 0 N–H and O–H groups in total. The van der Waals surface area contributed by atoms with Gasteiger partial charge in [0.15, 0.2) is 0 Å². The Morgan fingerprint density at radius 3 is 2.58 bits per heavy atom. The quantitative estimate of drug-likeness (QED) is 0.278. The first-order valence-electron chi connectivity index (χ1n) is 12.7. The van der Waals surface area contributed by atoms with Crippen LogP contribution in [-0.4, -0.2) is 54.3 Å². The molecule has 4 aromatic rings. The predicted molar refractivity (Wildman–Crippen MR) is 149 cm³/mol. The third-order valence-corrected chi connectivity index (χ3v) is 9.50. The molecule has 2 aromatic heterocycles. The number of amides is 1. The summed E-state index contributed by atoms with van der Waals surface area (Å²) in [5.41, 5.74) is 1.39. The summed E-state index contributed by atoms with van der Waals surface area (Å²) in [6, 6.07) is 22.5. The minimum Gasteiger partial charge on any atom is -0.377 e. The highest BCUT2D eigenvalue weighted by Crippen LogP contribution is 2.26. The van der Waals surface area contributed by atoms with E-state index in [4.69, 9.17) is 4.74 Å². The molecule has 0 aliphatic carbocycles. The third-order valence-electron chi connectivity index (χ3n) is 6.67. The van der Waals surface area contributed by atoms with Crippen LogP contribution in [0, 0.1) is 6.92 Å². The van der Waals surface area contributed by atoms with Gasteiger partial charge in [0.05, 0.1) is 24.7 Å². The number of aromatic nitrogens is 1. The van der Waals surface area contributed by atoms with E-state index in [0.717, 1.165) is 33.5 Å². The summed E-state index contributed by atoms with van der Waals surface area (Å²) >= 11 is 1.64. The standard InChI is InChI=1S/C29H31N3O4S2/c1-22-14-15-26(37-22)20-31(18-23-8-3-2-4-9-23)28(33)21-32(19-25-12-7-17-36-25)38(34,35)27-13-5-10-24-11-6-16-30-29(24)27/h2-6,8-11,13-16,25H,7,12,17-21H2,1H3. The molecular weight excluding hydrogens is 518 g/mol. The molecule has 0 spiro atoms. The fourth-order valence-corrected chi connectivity index (χ4v) is 7.22. The van der Waals surface area contributed by atoms with Crippen LogP contribution < -0.4 is 0 Å². The summed E-state index contributed by atoms with van der Waals surface area (Å²) in [5.74, 6) is -0.255. The molecule has 1 unspecified atom stereocenters. The molecule has 2 aromatic carbocycles. The van der Waals surface area contributed by atoms with E-state index in [-0.39, 0.29) is 30.0 Å². The average molecular weight is 550 g/mol. The zero-order valence-electron chi connectivity index (χ0n) is 21.3. The number of rotatable bonds is 10. The van der Waals surface area contributed by atoms with Gasteiger partial charge in [0, 0.05) is 41.0 Å². The molecule has 0 bridgehead atoms. The number of thiophene rings is 1. The van der Waals surface area contributed by atoms with Crippen molar-refractivity contribution in [1.29, 1.82) is 0 Å². The van der Waals surface area contributed by atoms with Gasteiger partial charge < -0.3 is 9.64 Å². The van der Waals surface area contributed by atoms with Gasteiger partial charge in [-0.15, -0.1) is 11.3 Å². The van der Waals surface area contributed by atoms with Crippen LogP contribution in [0.25, 0.3) is 10.9 Å². The van der Waals surface area contributed by atoms with Gasteiger partial charge in [-0.3, -0.25) is 9.78 Å². The Balaban J connectivity index is 1.47. The van der Waals surface area contributed by atoms with E-state index in [0.29, 0.717) is 25.2 Å². The molecule has 1 amide bonds. The van der Waals surface area contributed by atoms with Gasteiger partial charge in [0.2, 0.25) is 15.9 Å². The first kappa shape index (κ1) is 26.5. The number of hydrogen-bond donors (Lipinski definition) is 0. The lowest BCUT2D eigenvalue weighted by molar-refractivity contribution is -0.132. The highest BCUT2D eigenvalue weighted by molar-refractivity contribution is 7.89. The number of hydrogen-bond acceptors (Lipinski definition) is 6. The molecule has 1 saturated heterocycles. The topological polar surface area (TPSA) is 79.8 Å². The zero-order valence-corrected chi connectivity index (χ0v) is 23.0. The van der Waals surface area contributed by atoms with Crippen molar-refractivity contribution in [2.24, 2.45) is 0 Å². The van der Waals surface area contributed by atoms with Gasteiger partial charge >= 0.3 is 0 Å². The summed E-state index contributed by atoms with van der Waals surface area (Å²) in [7, 11) is -4.04. The summed E-state index contributed by atoms with van der Waals surface area (Å²) in [6.45, 7) is 3.28. The minimum absolute atomic E-state index is 0.102. The number of nitrogens with zero attached hydrogens (tertiary/aromatic N) is 3. The van der Waals surface area contributed by atoms with Gasteiger partial charge in [-0.2, -0.15) is 4.31 Å². The number of carbonyl (C=O) groups excluding carboxylic acids is 1. The zero-order chi connectivity index (χ0) is 26.5. The maximum atomic E-state index is 14.1. The molecule has 38 heavy (non-hydrogen) atoms. The monoisotopic (exact) mass is 549 g/mol. The van der Waals surface area contributed by atoms with Crippen molar-refractivity contribution < 1.29 is 17.9 Å². The first-order chi connectivity index (χ1) is 18.4. The van der Waals surface area contributed by atoms with Gasteiger partial charge in [0.25, 0.3) is 0 Å². The molecule has 1 aliphatic rings. The lowest BCUT2D eigenvalue weighted by Crippen LogP contribution is -2.45. The van der Waals surface area contributed by atoms with Crippen molar-refractivity contribution in [3.8, 4) is 0 Å². The number of pyridine rings is 1. The molecule has 7 nitrogen and oxygen atoms in total. The van der Waals surface area contributed by atoms with E-state index in [9.17, 15) is 13.2 Å². The molecular formula is C29H31N3O4S2. The Kier molecular flexibility index (Phi) is 8.18. The van der Waals surface area contributed by atoms with Crippen molar-refractivity contribution in [1.82, 2.24) is 14.2 Å². The lowest BCUT2D eigenvalue weighted by Gasteiger charge is -2.28. The Morgan fingerprint density at radius 1 is 1.03 bits per heavy atom. The largest absolute Gasteiger partial charge is 0.377 e. The summed E-state index contributed by atoms with van der Waals surface area (Å²) in [6.07, 6.45) is 2.97. The van der Waals surface area contributed by atoms with E-state index in [1.807, 2.05) is 61.5 Å². The van der Waals surface area contributed by atoms with E-state index in [1.54, 1.807) is 40.6 Å².